The summed E-state index contributed by atoms with van der Waals surface area (Å²) >= 11 is 2.88. The third kappa shape index (κ3) is 5.83. The van der Waals surface area contributed by atoms with Gasteiger partial charge in [-0.25, -0.2) is 4.79 Å². The van der Waals surface area contributed by atoms with E-state index in [1.807, 2.05) is 78.2 Å². The van der Waals surface area contributed by atoms with E-state index in [1.54, 1.807) is 6.92 Å². The number of amides is 2. The van der Waals surface area contributed by atoms with Crippen LogP contribution in [0.15, 0.2) is 89.4 Å². The second-order valence-electron chi connectivity index (χ2n) is 9.44. The van der Waals surface area contributed by atoms with Crippen LogP contribution in [0.4, 0.5) is 0 Å². The van der Waals surface area contributed by atoms with Gasteiger partial charge in [0.15, 0.2) is 6.10 Å². The van der Waals surface area contributed by atoms with Crippen LogP contribution in [-0.4, -0.2) is 51.9 Å². The molecule has 2 aromatic carbocycles. The van der Waals surface area contributed by atoms with Crippen molar-refractivity contribution in [1.82, 2.24) is 10.2 Å². The normalized spacial score (nSPS) is 19.0. The topological polar surface area (TPSA) is 102 Å². The molecule has 1 N–H and O–H groups in total. The van der Waals surface area contributed by atoms with E-state index in [1.165, 1.54) is 34.9 Å². The molecule has 10 heteroatoms. The number of benzene rings is 2. The van der Waals surface area contributed by atoms with Gasteiger partial charge in [-0.15, -0.1) is 23.1 Å². The van der Waals surface area contributed by atoms with Gasteiger partial charge in [0.05, 0.1) is 6.42 Å². The molecule has 5 rings (SSSR count). The molecule has 2 aliphatic heterocycles. The van der Waals surface area contributed by atoms with Crippen molar-refractivity contribution in [3.05, 3.63) is 105 Å². The zero-order valence-corrected chi connectivity index (χ0v) is 23.6. The quantitative estimate of drug-likeness (QED) is 0.301. The van der Waals surface area contributed by atoms with Gasteiger partial charge in [-0.1, -0.05) is 66.7 Å². The number of rotatable bonds is 9. The summed E-state index contributed by atoms with van der Waals surface area (Å²) < 4.78 is 11.5. The second kappa shape index (κ2) is 12.1. The summed E-state index contributed by atoms with van der Waals surface area (Å²) in [5.41, 5.74) is 2.08. The zero-order valence-electron chi connectivity index (χ0n) is 21.9. The number of carbonyl (C=O) groups is 4. The molecular formula is C30H28N2O6S2. The molecular weight excluding hydrogens is 548 g/mol. The van der Waals surface area contributed by atoms with Crippen LogP contribution in [0.5, 0.6) is 0 Å². The highest BCUT2D eigenvalue weighted by Crippen LogP contribution is 2.43. The van der Waals surface area contributed by atoms with Crippen LogP contribution in [-0.2, 0) is 35.1 Å². The van der Waals surface area contributed by atoms with Crippen molar-refractivity contribution < 1.29 is 28.7 Å². The van der Waals surface area contributed by atoms with Gasteiger partial charge in [0, 0.05) is 23.1 Å². The molecule has 3 heterocycles. The molecule has 1 fully saturated rings. The van der Waals surface area contributed by atoms with Crippen LogP contribution in [0.1, 0.15) is 36.0 Å². The summed E-state index contributed by atoms with van der Waals surface area (Å²) in [6, 6.07) is 21.7. The number of thioether (sulfide) groups is 1. The van der Waals surface area contributed by atoms with Crippen molar-refractivity contribution in [2.45, 2.75) is 43.9 Å². The number of nitrogens with zero attached hydrogens (tertiary/aromatic N) is 1. The second-order valence-corrected chi connectivity index (χ2v) is 11.6. The van der Waals surface area contributed by atoms with Crippen LogP contribution in [0, 0.1) is 0 Å². The fourth-order valence-electron chi connectivity index (χ4n) is 4.81. The Balaban J connectivity index is 1.43. The molecule has 2 aliphatic rings. The minimum atomic E-state index is -0.773. The molecule has 3 aromatic rings. The predicted octanol–water partition coefficient (Wildman–Crippen LogP) is 4.23. The number of fused-ring (bicyclic) bond motifs is 1. The Morgan fingerprint density at radius 2 is 1.62 bits per heavy atom. The first kappa shape index (κ1) is 27.7. The molecule has 2 unspecified atom stereocenters. The molecule has 0 saturated carbocycles. The first-order valence-electron chi connectivity index (χ1n) is 12.8. The van der Waals surface area contributed by atoms with Crippen molar-refractivity contribution in [2.24, 2.45) is 0 Å². The van der Waals surface area contributed by atoms with Gasteiger partial charge in [-0.2, -0.15) is 0 Å². The molecule has 0 aliphatic carbocycles. The molecule has 3 atom stereocenters. The van der Waals surface area contributed by atoms with E-state index in [0.717, 1.165) is 16.0 Å². The number of esters is 2. The van der Waals surface area contributed by atoms with E-state index < -0.39 is 41.5 Å². The lowest BCUT2D eigenvalue weighted by Crippen LogP contribution is -2.71. The molecule has 0 radical (unpaired) electrons. The summed E-state index contributed by atoms with van der Waals surface area (Å²) in [6.45, 7) is 2.96. The van der Waals surface area contributed by atoms with E-state index in [4.69, 9.17) is 9.47 Å². The number of thiophene rings is 1. The van der Waals surface area contributed by atoms with Gasteiger partial charge < -0.3 is 14.8 Å². The Kier molecular flexibility index (Phi) is 8.37. The lowest BCUT2D eigenvalue weighted by atomic mass is 9.99. The van der Waals surface area contributed by atoms with Gasteiger partial charge in [0.2, 0.25) is 5.91 Å². The predicted molar refractivity (Wildman–Crippen MR) is 152 cm³/mol. The summed E-state index contributed by atoms with van der Waals surface area (Å²) in [6.07, 6.45) is -1.30. The lowest BCUT2D eigenvalue weighted by molar-refractivity contribution is -0.155. The first-order valence-corrected chi connectivity index (χ1v) is 14.7. The zero-order chi connectivity index (χ0) is 28.2. The Bertz CT molecular complexity index is 1390. The van der Waals surface area contributed by atoms with Crippen LogP contribution in [0.3, 0.4) is 0 Å². The Morgan fingerprint density at radius 1 is 0.975 bits per heavy atom. The number of β-lactam (4-membered cyclic amide) rings is 1. The van der Waals surface area contributed by atoms with Crippen molar-refractivity contribution in [1.29, 1.82) is 0 Å². The molecule has 206 valence electrons. The van der Waals surface area contributed by atoms with Crippen LogP contribution in [0.25, 0.3) is 0 Å². The fraction of sp³-hybridized carbons (Fsp3) is 0.267. The third-order valence-corrected chi connectivity index (χ3v) is 8.86. The highest BCUT2D eigenvalue weighted by molar-refractivity contribution is 8.00. The molecule has 1 aromatic heterocycles. The van der Waals surface area contributed by atoms with Crippen molar-refractivity contribution in [3.8, 4) is 0 Å². The minimum absolute atomic E-state index is 0.0584. The molecule has 2 amide bonds. The Morgan fingerprint density at radius 3 is 2.20 bits per heavy atom. The molecule has 0 bridgehead atoms. The van der Waals surface area contributed by atoms with Gasteiger partial charge in [0.1, 0.15) is 23.2 Å². The molecule has 40 heavy (non-hydrogen) atoms. The van der Waals surface area contributed by atoms with Gasteiger partial charge >= 0.3 is 11.9 Å². The van der Waals surface area contributed by atoms with E-state index in [-0.39, 0.29) is 18.0 Å². The van der Waals surface area contributed by atoms with Crippen molar-refractivity contribution in [2.75, 3.05) is 5.75 Å². The average molecular weight is 577 g/mol. The lowest BCUT2D eigenvalue weighted by Gasteiger charge is -2.50. The van der Waals surface area contributed by atoms with Crippen molar-refractivity contribution >= 4 is 46.9 Å². The monoisotopic (exact) mass is 576 g/mol. The van der Waals surface area contributed by atoms with E-state index in [2.05, 4.69) is 5.32 Å². The van der Waals surface area contributed by atoms with E-state index in [0.29, 0.717) is 11.3 Å². The van der Waals surface area contributed by atoms with E-state index >= 15 is 0 Å². The fourth-order valence-corrected chi connectivity index (χ4v) is 6.97. The Hall–Kier alpha value is -3.89. The molecule has 1 saturated heterocycles. The van der Waals surface area contributed by atoms with Gasteiger partial charge in [0.25, 0.3) is 5.91 Å². The number of hydrogen-bond donors (Lipinski definition) is 1. The molecule has 8 nitrogen and oxygen atoms in total. The number of ether oxygens (including phenoxy) is 2. The van der Waals surface area contributed by atoms with Crippen molar-refractivity contribution in [3.63, 3.8) is 0 Å². The highest BCUT2D eigenvalue weighted by Gasteiger charge is 2.55. The standard InChI is InChI=1S/C30H28N2O6S2/c1-18(37-19(2)33)23-17-40-29-25(31-24(34)16-22-14-9-15-39-22)28(35)32(29)26(23)30(36)38-27(20-10-5-3-6-11-20)21-12-7-4-8-13-21/h3-15,18,25,27,29H,16-17H2,1-2H3,(H,31,34)/t18?,25?,29-/m0/s1. The minimum Gasteiger partial charge on any atom is -0.458 e. The van der Waals surface area contributed by atoms with E-state index in [9.17, 15) is 19.2 Å². The maximum Gasteiger partial charge on any atom is 0.356 e. The molecule has 0 spiro atoms. The maximum atomic E-state index is 13.9. The van der Waals surface area contributed by atoms with Gasteiger partial charge in [-0.3, -0.25) is 19.3 Å². The van der Waals surface area contributed by atoms with Crippen LogP contribution < -0.4 is 5.32 Å². The van der Waals surface area contributed by atoms with Crippen LogP contribution in [0.2, 0.25) is 0 Å². The first-order chi connectivity index (χ1) is 19.3. The SMILES string of the molecule is CC(=O)OC(C)C1=C(C(=O)OC(c2ccccc2)c2ccccc2)N2C(=O)C(NC(=O)Cc3cccs3)[C@@H]2SC1. The highest BCUT2D eigenvalue weighted by atomic mass is 32.2. The summed E-state index contributed by atoms with van der Waals surface area (Å²) in [5, 5.41) is 4.24. The largest absolute Gasteiger partial charge is 0.458 e. The number of nitrogens with one attached hydrogen (secondary N) is 1. The smallest absolute Gasteiger partial charge is 0.356 e. The van der Waals surface area contributed by atoms with Gasteiger partial charge in [-0.05, 0) is 29.5 Å². The van der Waals surface area contributed by atoms with Crippen LogP contribution >= 0.6 is 23.1 Å². The summed E-state index contributed by atoms with van der Waals surface area (Å²) in [4.78, 5) is 54.0. The number of hydrogen-bond acceptors (Lipinski definition) is 8. The number of carbonyl (C=O) groups excluding carboxylic acids is 4. The average Bonchev–Trinajstić information content (AvgIpc) is 3.47. The maximum absolute atomic E-state index is 13.9. The summed E-state index contributed by atoms with van der Waals surface area (Å²) in [5.74, 6) is -1.55. The summed E-state index contributed by atoms with van der Waals surface area (Å²) in [7, 11) is 0. The Labute approximate surface area is 240 Å². The third-order valence-electron chi connectivity index (χ3n) is 6.69.